The molecule has 2 aromatic heterocycles. The largest absolute Gasteiger partial charge is 0.324 e. The monoisotopic (exact) mass is 297 g/mol. The maximum absolute atomic E-state index is 6.11. The molecule has 3 nitrogen and oxygen atoms in total. The number of nitrogens with two attached hydrogens (primary N) is 1. The Bertz CT molecular complexity index is 484. The summed E-state index contributed by atoms with van der Waals surface area (Å²) in [6, 6.07) is 1.95. The summed E-state index contributed by atoms with van der Waals surface area (Å²) in [5.74, 6) is 0. The fourth-order valence-corrected chi connectivity index (χ4v) is 2.65. The van der Waals surface area contributed by atoms with Crippen LogP contribution in [0.25, 0.3) is 0 Å². The third kappa shape index (κ3) is 2.87. The fourth-order valence-electron chi connectivity index (χ4n) is 1.43. The van der Waals surface area contributed by atoms with Gasteiger partial charge in [0.2, 0.25) is 0 Å². The van der Waals surface area contributed by atoms with Crippen LogP contribution in [-0.4, -0.2) is 9.97 Å². The van der Waals surface area contributed by atoms with E-state index in [1.807, 2.05) is 18.4 Å². The molecule has 2 rings (SSSR count). The van der Waals surface area contributed by atoms with Gasteiger partial charge in [-0.1, -0.05) is 0 Å². The van der Waals surface area contributed by atoms with E-state index >= 15 is 0 Å². The zero-order valence-corrected chi connectivity index (χ0v) is 11.3. The zero-order chi connectivity index (χ0) is 11.5. The lowest BCUT2D eigenvalue weighted by Gasteiger charge is -2.09. The van der Waals surface area contributed by atoms with Gasteiger partial charge in [-0.3, -0.25) is 4.98 Å². The summed E-state index contributed by atoms with van der Waals surface area (Å²) in [6.07, 6.45) is 4.32. The molecule has 0 spiro atoms. The van der Waals surface area contributed by atoms with Crippen molar-refractivity contribution >= 4 is 27.3 Å². The Morgan fingerprint density at radius 1 is 1.50 bits per heavy atom. The van der Waals surface area contributed by atoms with Gasteiger partial charge in [-0.05, 0) is 34.5 Å². The van der Waals surface area contributed by atoms with Gasteiger partial charge in [0.1, 0.15) is 0 Å². The third-order valence-corrected chi connectivity index (χ3v) is 3.64. The normalized spacial score (nSPS) is 12.7. The number of aryl methyl sites for hydroxylation is 1. The highest BCUT2D eigenvalue weighted by atomic mass is 79.9. The molecule has 2 N–H and O–H groups in total. The molecule has 1 atom stereocenters. The molecule has 0 amide bonds. The topological polar surface area (TPSA) is 51.8 Å². The number of halogens is 1. The highest BCUT2D eigenvalue weighted by molar-refractivity contribution is 9.10. The van der Waals surface area contributed by atoms with Crippen molar-refractivity contribution in [3.05, 3.63) is 44.6 Å². The van der Waals surface area contributed by atoms with Gasteiger partial charge in [0.05, 0.1) is 5.01 Å². The van der Waals surface area contributed by atoms with Gasteiger partial charge in [0.15, 0.2) is 0 Å². The van der Waals surface area contributed by atoms with E-state index in [0.717, 1.165) is 27.2 Å². The zero-order valence-electron chi connectivity index (χ0n) is 8.85. The molecule has 0 saturated carbocycles. The van der Waals surface area contributed by atoms with E-state index in [2.05, 4.69) is 25.9 Å². The molecule has 0 aromatic carbocycles. The van der Waals surface area contributed by atoms with Crippen LogP contribution < -0.4 is 5.73 Å². The Hall–Kier alpha value is -0.780. The maximum atomic E-state index is 6.11. The van der Waals surface area contributed by atoms with E-state index in [4.69, 9.17) is 5.73 Å². The predicted molar refractivity (Wildman–Crippen MR) is 69.4 cm³/mol. The molecule has 2 heterocycles. The van der Waals surface area contributed by atoms with E-state index in [-0.39, 0.29) is 6.04 Å². The molecule has 0 fully saturated rings. The van der Waals surface area contributed by atoms with Crippen LogP contribution in [-0.2, 0) is 6.42 Å². The Morgan fingerprint density at radius 3 is 2.94 bits per heavy atom. The average Bonchev–Trinajstić information content (AvgIpc) is 2.64. The van der Waals surface area contributed by atoms with Gasteiger partial charge in [-0.25, -0.2) is 4.98 Å². The average molecular weight is 298 g/mol. The van der Waals surface area contributed by atoms with Crippen LogP contribution in [0.4, 0.5) is 0 Å². The van der Waals surface area contributed by atoms with Gasteiger partial charge in [-0.2, -0.15) is 0 Å². The van der Waals surface area contributed by atoms with Gasteiger partial charge >= 0.3 is 0 Å². The summed E-state index contributed by atoms with van der Waals surface area (Å²) >= 11 is 5.04. The molecule has 84 valence electrons. The molecule has 0 saturated heterocycles. The van der Waals surface area contributed by atoms with Crippen LogP contribution in [0.5, 0.6) is 0 Å². The van der Waals surface area contributed by atoms with Crippen molar-refractivity contribution in [2.45, 2.75) is 19.4 Å². The van der Waals surface area contributed by atoms with Crippen LogP contribution in [0.2, 0.25) is 0 Å². The van der Waals surface area contributed by atoms with E-state index in [1.165, 1.54) is 0 Å². The minimum atomic E-state index is -0.0458. The lowest BCUT2D eigenvalue weighted by Crippen LogP contribution is -2.13. The molecular formula is C11H12BrN3S. The quantitative estimate of drug-likeness (QED) is 0.948. The van der Waals surface area contributed by atoms with Crippen molar-refractivity contribution in [1.82, 2.24) is 9.97 Å². The smallest absolute Gasteiger partial charge is 0.0947 e. The molecule has 0 radical (unpaired) electrons. The second-order valence-corrected chi connectivity index (χ2v) is 5.49. The van der Waals surface area contributed by atoms with E-state index in [0.29, 0.717) is 0 Å². The minimum Gasteiger partial charge on any atom is -0.324 e. The first-order chi connectivity index (χ1) is 7.65. The number of rotatable bonds is 3. The molecule has 5 heteroatoms. The number of pyridine rings is 1. The first-order valence-electron chi connectivity index (χ1n) is 4.92. The maximum Gasteiger partial charge on any atom is 0.0947 e. The summed E-state index contributed by atoms with van der Waals surface area (Å²) in [6.45, 7) is 1.99. The van der Waals surface area contributed by atoms with Crippen LogP contribution in [0.15, 0.2) is 28.3 Å². The molecule has 2 aromatic rings. The molecule has 1 unspecified atom stereocenters. The molecule has 0 aliphatic carbocycles. The first kappa shape index (κ1) is 11.7. The van der Waals surface area contributed by atoms with Crippen molar-refractivity contribution in [3.63, 3.8) is 0 Å². The van der Waals surface area contributed by atoms with E-state index < -0.39 is 0 Å². The van der Waals surface area contributed by atoms with Crippen LogP contribution in [0, 0.1) is 6.92 Å². The van der Waals surface area contributed by atoms with Crippen molar-refractivity contribution in [3.8, 4) is 0 Å². The summed E-state index contributed by atoms with van der Waals surface area (Å²) in [5.41, 5.74) is 8.20. The van der Waals surface area contributed by atoms with Crippen molar-refractivity contribution in [1.29, 1.82) is 0 Å². The number of hydrogen-bond acceptors (Lipinski definition) is 4. The van der Waals surface area contributed by atoms with Crippen LogP contribution in [0.1, 0.15) is 22.3 Å². The van der Waals surface area contributed by atoms with Crippen LogP contribution in [0.3, 0.4) is 0 Å². The molecular weight excluding hydrogens is 286 g/mol. The lowest BCUT2D eigenvalue weighted by molar-refractivity contribution is 0.712. The van der Waals surface area contributed by atoms with Crippen molar-refractivity contribution < 1.29 is 0 Å². The summed E-state index contributed by atoms with van der Waals surface area (Å²) in [7, 11) is 0. The number of nitrogens with zero attached hydrogens (tertiary/aromatic N) is 2. The SMILES string of the molecule is Cc1csc(CC(N)c2cncc(Br)c2)n1. The van der Waals surface area contributed by atoms with E-state index in [9.17, 15) is 0 Å². The van der Waals surface area contributed by atoms with Crippen molar-refractivity contribution in [2.75, 3.05) is 0 Å². The lowest BCUT2D eigenvalue weighted by atomic mass is 10.1. The van der Waals surface area contributed by atoms with Gasteiger partial charge < -0.3 is 5.73 Å². The Morgan fingerprint density at radius 2 is 2.31 bits per heavy atom. The number of thiazole rings is 1. The summed E-state index contributed by atoms with van der Waals surface area (Å²) in [5, 5.41) is 3.12. The Balaban J connectivity index is 2.11. The predicted octanol–water partition coefficient (Wildman–Crippen LogP) is 2.85. The van der Waals surface area contributed by atoms with Gasteiger partial charge in [0.25, 0.3) is 0 Å². The molecule has 0 aliphatic rings. The fraction of sp³-hybridized carbons (Fsp3) is 0.273. The first-order valence-corrected chi connectivity index (χ1v) is 6.59. The minimum absolute atomic E-state index is 0.0458. The molecule has 0 aliphatic heterocycles. The van der Waals surface area contributed by atoms with Crippen molar-refractivity contribution in [2.24, 2.45) is 5.73 Å². The highest BCUT2D eigenvalue weighted by Crippen LogP contribution is 2.20. The third-order valence-electron chi connectivity index (χ3n) is 2.22. The summed E-state index contributed by atoms with van der Waals surface area (Å²) in [4.78, 5) is 8.51. The van der Waals surface area contributed by atoms with Crippen LogP contribution >= 0.6 is 27.3 Å². The van der Waals surface area contributed by atoms with Gasteiger partial charge in [-0.15, -0.1) is 11.3 Å². The van der Waals surface area contributed by atoms with E-state index in [1.54, 1.807) is 23.7 Å². The standard InChI is InChI=1S/C11H12BrN3S/c1-7-6-16-11(15-7)3-10(13)8-2-9(12)5-14-4-8/h2,4-6,10H,3,13H2,1H3. The number of hydrogen-bond donors (Lipinski definition) is 1. The second kappa shape index (κ2) is 5.03. The molecule has 16 heavy (non-hydrogen) atoms. The number of aromatic nitrogens is 2. The second-order valence-electron chi connectivity index (χ2n) is 3.63. The molecule has 0 bridgehead atoms. The summed E-state index contributed by atoms with van der Waals surface area (Å²) < 4.78 is 0.954. The Kier molecular flexibility index (Phi) is 3.68. The Labute approximate surface area is 107 Å². The van der Waals surface area contributed by atoms with Gasteiger partial charge in [0, 0.05) is 40.4 Å². The highest BCUT2D eigenvalue weighted by Gasteiger charge is 2.10.